The predicted octanol–water partition coefficient (Wildman–Crippen LogP) is 3.06. The largest absolute Gasteiger partial charge is 0.487 e. The number of aliphatic hydroxyl groups excluding tert-OH is 1. The van der Waals surface area contributed by atoms with Gasteiger partial charge >= 0.3 is 0 Å². The number of benzene rings is 1. The van der Waals surface area contributed by atoms with Gasteiger partial charge in [-0.25, -0.2) is 4.39 Å². The van der Waals surface area contributed by atoms with Crippen LogP contribution in [-0.2, 0) is 13.2 Å². The number of ether oxygens (including phenoxy) is 1. The van der Waals surface area contributed by atoms with E-state index in [4.69, 9.17) is 4.74 Å². The molecule has 4 nitrogen and oxygen atoms in total. The summed E-state index contributed by atoms with van der Waals surface area (Å²) in [5.74, 6) is 0.0921. The molecule has 5 heteroatoms. The molecule has 2 rings (SSSR count). The van der Waals surface area contributed by atoms with Crippen molar-refractivity contribution in [3.05, 3.63) is 47.5 Å². The van der Waals surface area contributed by atoms with Gasteiger partial charge in [0.15, 0.2) is 0 Å². The number of aliphatic hydroxyl groups is 1. The second-order valence-corrected chi connectivity index (χ2v) is 4.74. The fourth-order valence-corrected chi connectivity index (χ4v) is 1.85. The number of hydrogen-bond donors (Lipinski definition) is 1. The maximum atomic E-state index is 13.0. The highest BCUT2D eigenvalue weighted by Gasteiger charge is 2.08. The van der Waals surface area contributed by atoms with Gasteiger partial charge in [0.2, 0.25) is 0 Å². The first kappa shape index (κ1) is 14.5. The Balaban J connectivity index is 2.03. The maximum absolute atomic E-state index is 13.0. The van der Waals surface area contributed by atoms with Gasteiger partial charge in [-0.2, -0.15) is 5.10 Å². The normalized spacial score (nSPS) is 12.4. The average molecular weight is 278 g/mol. The minimum absolute atomic E-state index is 0.256. The van der Waals surface area contributed by atoms with Crippen LogP contribution in [0, 0.1) is 5.82 Å². The molecule has 0 aliphatic carbocycles. The first-order valence-corrected chi connectivity index (χ1v) is 6.70. The van der Waals surface area contributed by atoms with Crippen molar-refractivity contribution in [1.29, 1.82) is 0 Å². The monoisotopic (exact) mass is 278 g/mol. The number of rotatable bonds is 6. The van der Waals surface area contributed by atoms with Crippen LogP contribution in [0.1, 0.15) is 37.6 Å². The summed E-state index contributed by atoms with van der Waals surface area (Å²) < 4.78 is 20.5. The van der Waals surface area contributed by atoms with E-state index in [2.05, 4.69) is 18.9 Å². The summed E-state index contributed by atoms with van der Waals surface area (Å²) in [5, 5.41) is 13.6. The third kappa shape index (κ3) is 3.36. The fraction of sp³-hybridized carbons (Fsp3) is 0.400. The van der Waals surface area contributed by atoms with Crippen molar-refractivity contribution in [1.82, 2.24) is 9.78 Å². The zero-order chi connectivity index (χ0) is 14.5. The quantitative estimate of drug-likeness (QED) is 0.883. The maximum Gasteiger partial charge on any atom is 0.132 e. The predicted molar refractivity (Wildman–Crippen MR) is 73.9 cm³/mol. The van der Waals surface area contributed by atoms with E-state index in [-0.39, 0.29) is 12.4 Å². The van der Waals surface area contributed by atoms with Crippen molar-refractivity contribution >= 4 is 0 Å². The standard InChI is InChI=1S/C15H19FN2O2/c1-3-11(2)18-7-6-14(17-18)10-20-15-5-4-13(16)8-12(15)9-19/h4-8,11,19H,3,9-10H2,1-2H3. The van der Waals surface area contributed by atoms with E-state index in [0.29, 0.717) is 24.0 Å². The highest BCUT2D eigenvalue weighted by atomic mass is 19.1. The molecule has 1 heterocycles. The Bertz CT molecular complexity index is 569. The van der Waals surface area contributed by atoms with Crippen molar-refractivity contribution in [2.24, 2.45) is 0 Å². The number of halogens is 1. The van der Waals surface area contributed by atoms with E-state index < -0.39 is 0 Å². The van der Waals surface area contributed by atoms with Crippen LogP contribution in [0.2, 0.25) is 0 Å². The van der Waals surface area contributed by atoms with Gasteiger partial charge in [-0.05, 0) is 37.6 Å². The van der Waals surface area contributed by atoms with Crippen molar-refractivity contribution in [2.45, 2.75) is 39.5 Å². The summed E-state index contributed by atoms with van der Waals surface area (Å²) in [6.07, 6.45) is 2.93. The second-order valence-electron chi connectivity index (χ2n) is 4.74. The lowest BCUT2D eigenvalue weighted by molar-refractivity contribution is 0.256. The number of aromatic nitrogens is 2. The van der Waals surface area contributed by atoms with Gasteiger partial charge in [-0.15, -0.1) is 0 Å². The number of hydrogen-bond acceptors (Lipinski definition) is 3. The summed E-state index contributed by atoms with van der Waals surface area (Å²) in [7, 11) is 0. The van der Waals surface area contributed by atoms with Crippen LogP contribution in [0.4, 0.5) is 4.39 Å². The van der Waals surface area contributed by atoms with Crippen molar-refractivity contribution in [2.75, 3.05) is 0 Å². The topological polar surface area (TPSA) is 47.3 Å². The first-order valence-electron chi connectivity index (χ1n) is 6.70. The van der Waals surface area contributed by atoms with Crippen LogP contribution < -0.4 is 4.74 Å². The molecule has 1 atom stereocenters. The smallest absolute Gasteiger partial charge is 0.132 e. The van der Waals surface area contributed by atoms with E-state index in [1.54, 1.807) is 0 Å². The summed E-state index contributed by atoms with van der Waals surface area (Å²) in [6, 6.07) is 6.35. The van der Waals surface area contributed by atoms with Crippen LogP contribution in [0.15, 0.2) is 30.5 Å². The summed E-state index contributed by atoms with van der Waals surface area (Å²) in [5.41, 5.74) is 1.24. The molecule has 0 bridgehead atoms. The second kappa shape index (κ2) is 6.52. The minimum atomic E-state index is -0.387. The Labute approximate surface area is 117 Å². The van der Waals surface area contributed by atoms with Gasteiger partial charge in [0.05, 0.1) is 12.3 Å². The van der Waals surface area contributed by atoms with E-state index in [1.807, 2.05) is 16.9 Å². The SMILES string of the molecule is CCC(C)n1ccc(COc2ccc(F)cc2CO)n1. The lowest BCUT2D eigenvalue weighted by atomic mass is 10.2. The van der Waals surface area contributed by atoms with Crippen molar-refractivity contribution in [3.8, 4) is 5.75 Å². The molecule has 0 radical (unpaired) electrons. The molecule has 1 aromatic carbocycles. The first-order chi connectivity index (χ1) is 9.63. The van der Waals surface area contributed by atoms with Crippen molar-refractivity contribution < 1.29 is 14.2 Å². The van der Waals surface area contributed by atoms with Crippen molar-refractivity contribution in [3.63, 3.8) is 0 Å². The van der Waals surface area contributed by atoms with Gasteiger partial charge in [-0.1, -0.05) is 6.92 Å². The van der Waals surface area contributed by atoms with Crippen LogP contribution >= 0.6 is 0 Å². The highest BCUT2D eigenvalue weighted by molar-refractivity contribution is 5.33. The lowest BCUT2D eigenvalue weighted by Gasteiger charge is -2.10. The molecule has 0 aliphatic rings. The molecule has 0 amide bonds. The molecule has 0 saturated heterocycles. The lowest BCUT2D eigenvalue weighted by Crippen LogP contribution is -2.06. The van der Waals surface area contributed by atoms with E-state index >= 15 is 0 Å². The minimum Gasteiger partial charge on any atom is -0.487 e. The third-order valence-corrected chi connectivity index (χ3v) is 3.27. The fourth-order valence-electron chi connectivity index (χ4n) is 1.85. The van der Waals surface area contributed by atoms with Crippen LogP contribution in [0.5, 0.6) is 5.75 Å². The van der Waals surface area contributed by atoms with Gasteiger partial charge in [0, 0.05) is 17.8 Å². The molecule has 0 saturated carbocycles. The van der Waals surface area contributed by atoms with Gasteiger partial charge in [0.25, 0.3) is 0 Å². The molecular formula is C15H19FN2O2. The van der Waals surface area contributed by atoms with E-state index in [0.717, 1.165) is 12.1 Å². The Morgan fingerprint density at radius 2 is 2.20 bits per heavy atom. The molecule has 108 valence electrons. The molecule has 1 unspecified atom stereocenters. The summed E-state index contributed by atoms with van der Waals surface area (Å²) in [6.45, 7) is 4.24. The Hall–Kier alpha value is -1.88. The molecule has 1 aromatic heterocycles. The van der Waals surface area contributed by atoms with Gasteiger partial charge in [0.1, 0.15) is 18.2 Å². The zero-order valence-corrected chi connectivity index (χ0v) is 11.7. The van der Waals surface area contributed by atoms with Gasteiger partial charge < -0.3 is 9.84 Å². The highest BCUT2D eigenvalue weighted by Crippen LogP contribution is 2.21. The average Bonchev–Trinajstić information content (AvgIpc) is 2.93. The van der Waals surface area contributed by atoms with Gasteiger partial charge in [-0.3, -0.25) is 4.68 Å². The van der Waals surface area contributed by atoms with E-state index in [9.17, 15) is 9.50 Å². The number of nitrogens with zero attached hydrogens (tertiary/aromatic N) is 2. The molecule has 1 N–H and O–H groups in total. The molecular weight excluding hydrogens is 259 g/mol. The zero-order valence-electron chi connectivity index (χ0n) is 11.7. The van der Waals surface area contributed by atoms with E-state index in [1.165, 1.54) is 18.2 Å². The van der Waals surface area contributed by atoms with Crippen LogP contribution in [-0.4, -0.2) is 14.9 Å². The molecule has 20 heavy (non-hydrogen) atoms. The third-order valence-electron chi connectivity index (χ3n) is 3.27. The Morgan fingerprint density at radius 1 is 1.40 bits per heavy atom. The molecule has 0 aliphatic heterocycles. The summed E-state index contributed by atoms with van der Waals surface area (Å²) >= 11 is 0. The van der Waals surface area contributed by atoms with Crippen LogP contribution in [0.25, 0.3) is 0 Å². The molecule has 0 fully saturated rings. The molecule has 0 spiro atoms. The Kier molecular flexibility index (Phi) is 4.74. The summed E-state index contributed by atoms with van der Waals surface area (Å²) in [4.78, 5) is 0. The van der Waals surface area contributed by atoms with Crippen LogP contribution in [0.3, 0.4) is 0 Å². The Morgan fingerprint density at radius 3 is 2.90 bits per heavy atom. The molecule has 2 aromatic rings.